The fraction of sp³-hybridized carbons (Fsp3) is 0.721. The summed E-state index contributed by atoms with van der Waals surface area (Å²) in [5.41, 5.74) is 6.84. The number of aliphatic hydroxyl groups excluding tert-OH is 3. The van der Waals surface area contributed by atoms with Crippen LogP contribution in [0.1, 0.15) is 75.8 Å². The van der Waals surface area contributed by atoms with Crippen molar-refractivity contribution in [2.24, 2.45) is 45.7 Å². The standard InChI is InChI=1S/C43H60N6O7/c1-26(51)55-39-18-34(52)6-9-43-8-5-29-11-27(13-33-17-35(7-10-45-33)56-40-16-30(14-36(29)39)32(23-50)15-38(40)53)3-2-4-37-31-12-28(20-49(37)22-41(43)54)19-48(21-31)25-47-42(44)46-24-43/h15-16,27-29,31,33-37,39,41,45,50,52-54H,4,6-7,9-14,17-25H2,1H3,(H3,44,46,47)/t27-,28+,29+,31-,33-,34-,35-,36-,37+,39-,41+,43+/m0/s1. The maximum absolute atomic E-state index is 12.8. The van der Waals surface area contributed by atoms with Gasteiger partial charge in [-0.25, -0.2) is 4.99 Å². The number of phenolic OH excluding ortho intramolecular Hbond substituents is 1. The summed E-state index contributed by atoms with van der Waals surface area (Å²) in [4.78, 5) is 22.5. The topological polar surface area (TPSA) is 185 Å². The van der Waals surface area contributed by atoms with E-state index in [0.29, 0.717) is 74.4 Å². The first-order valence-electron chi connectivity index (χ1n) is 20.9. The lowest BCUT2D eigenvalue weighted by Gasteiger charge is -2.51. The summed E-state index contributed by atoms with van der Waals surface area (Å²) in [6.45, 7) is 5.73. The third-order valence-corrected chi connectivity index (χ3v) is 13.8. The highest BCUT2D eigenvalue weighted by Crippen LogP contribution is 2.42. The number of rotatable bonds is 2. The summed E-state index contributed by atoms with van der Waals surface area (Å²) in [5.74, 6) is 15.0. The van der Waals surface area contributed by atoms with E-state index in [-0.39, 0.29) is 55.3 Å². The van der Waals surface area contributed by atoms with Gasteiger partial charge in [0.2, 0.25) is 0 Å². The van der Waals surface area contributed by atoms with Crippen LogP contribution >= 0.6 is 0 Å². The molecule has 0 saturated carbocycles. The maximum atomic E-state index is 12.8. The summed E-state index contributed by atoms with van der Waals surface area (Å²) in [6.07, 6.45) is 3.37. The van der Waals surface area contributed by atoms with E-state index in [9.17, 15) is 25.2 Å². The van der Waals surface area contributed by atoms with Crippen LogP contribution in [0.5, 0.6) is 11.5 Å². The van der Waals surface area contributed by atoms with E-state index in [1.165, 1.54) is 6.92 Å². The zero-order valence-corrected chi connectivity index (χ0v) is 32.7. The molecular weight excluding hydrogens is 713 g/mol. The number of esters is 1. The molecule has 0 radical (unpaired) electrons. The lowest BCUT2D eigenvalue weighted by atomic mass is 9.71. The minimum atomic E-state index is -0.992. The molecule has 7 aliphatic heterocycles. The van der Waals surface area contributed by atoms with Crippen molar-refractivity contribution in [3.8, 4) is 35.2 Å². The number of fused-ring (bicyclic) bond motifs is 8. The van der Waals surface area contributed by atoms with Gasteiger partial charge in [-0.3, -0.25) is 14.6 Å². The predicted octanol–water partition coefficient (Wildman–Crippen LogP) is 1.30. The molecule has 8 N–H and O–H groups in total. The van der Waals surface area contributed by atoms with Crippen molar-refractivity contribution < 1.29 is 34.7 Å². The predicted molar refractivity (Wildman–Crippen MR) is 210 cm³/mol. The zero-order chi connectivity index (χ0) is 39.0. The number of carbonyl (C=O) groups excluding carboxylic acids is 1. The largest absolute Gasteiger partial charge is 0.504 e. The van der Waals surface area contributed by atoms with E-state index in [1.54, 1.807) is 6.07 Å². The van der Waals surface area contributed by atoms with Crippen LogP contribution in [0.15, 0.2) is 17.1 Å². The van der Waals surface area contributed by atoms with Crippen LogP contribution in [-0.4, -0.2) is 125 Å². The van der Waals surface area contributed by atoms with Gasteiger partial charge in [-0.1, -0.05) is 17.8 Å². The molecule has 12 bridgehead atoms. The number of carbonyl (C=O) groups is 1. The van der Waals surface area contributed by atoms with Crippen LogP contribution in [-0.2, 0) is 22.6 Å². The lowest BCUT2D eigenvalue weighted by Crippen LogP contribution is -2.60. The molecule has 1 aromatic rings. The Kier molecular flexibility index (Phi) is 11.7. The molecule has 56 heavy (non-hydrogen) atoms. The van der Waals surface area contributed by atoms with Crippen LogP contribution in [0.25, 0.3) is 0 Å². The Morgan fingerprint density at radius 3 is 2.82 bits per heavy atom. The summed E-state index contributed by atoms with van der Waals surface area (Å²) in [6, 6.07) is 3.66. The maximum Gasteiger partial charge on any atom is 0.302 e. The van der Waals surface area contributed by atoms with Gasteiger partial charge in [0.15, 0.2) is 17.5 Å². The van der Waals surface area contributed by atoms with E-state index < -0.39 is 35.6 Å². The molecular formula is C43H60N6O7. The number of hydrogen-bond acceptors (Lipinski definition) is 13. The number of hydrogen-bond donors (Lipinski definition) is 7. The van der Waals surface area contributed by atoms with Gasteiger partial charge < -0.3 is 46.3 Å². The SMILES string of the molecule is CC(=O)O[C@H]1C[C@@H](O)CC[C@]23C#C[C@@H]4C[C@H](C#CC[C@@H]5[C@H]6C[C@H](CN(CN=C(N)NC2)C6)CN5C[C@H]3O)C[C@H]2C[C@H](CCN2)Oc2cc(c(CO)cc2O)C[C@@H]41. The number of nitrogens with one attached hydrogen (secondary N) is 2. The van der Waals surface area contributed by atoms with Crippen LogP contribution in [0, 0.1) is 58.7 Å². The summed E-state index contributed by atoms with van der Waals surface area (Å²) in [7, 11) is 0. The van der Waals surface area contributed by atoms with E-state index in [2.05, 4.69) is 44.1 Å². The zero-order valence-electron chi connectivity index (χ0n) is 32.7. The number of aliphatic imine (C=N–C) groups is 1. The molecule has 1 aliphatic carbocycles. The first kappa shape index (κ1) is 39.3. The quantitative estimate of drug-likeness (QED) is 0.169. The molecule has 3 saturated heterocycles. The molecule has 13 heteroatoms. The molecule has 9 rings (SSSR count). The molecule has 7 heterocycles. The Hall–Kier alpha value is -3.56. The molecule has 1 aromatic carbocycles. The van der Waals surface area contributed by atoms with Crippen molar-refractivity contribution in [1.82, 2.24) is 20.4 Å². The van der Waals surface area contributed by atoms with Crippen LogP contribution in [0.2, 0.25) is 0 Å². The molecule has 13 nitrogen and oxygen atoms in total. The van der Waals surface area contributed by atoms with Gasteiger partial charge in [0.25, 0.3) is 0 Å². The van der Waals surface area contributed by atoms with Crippen LogP contribution in [0.3, 0.4) is 0 Å². The molecule has 304 valence electrons. The monoisotopic (exact) mass is 772 g/mol. The molecule has 1 spiro atoms. The third-order valence-electron chi connectivity index (χ3n) is 13.8. The van der Waals surface area contributed by atoms with Crippen molar-refractivity contribution in [2.45, 2.75) is 114 Å². The fourth-order valence-corrected chi connectivity index (χ4v) is 11.0. The number of phenols is 1. The number of nitrogens with two attached hydrogens (primary N) is 1. The second-order valence-electron chi connectivity index (χ2n) is 17.8. The summed E-state index contributed by atoms with van der Waals surface area (Å²) >= 11 is 0. The Labute approximate surface area is 330 Å². The average molecular weight is 773 g/mol. The number of nitrogens with zero attached hydrogens (tertiary/aromatic N) is 3. The lowest BCUT2D eigenvalue weighted by molar-refractivity contribution is -0.152. The van der Waals surface area contributed by atoms with Crippen molar-refractivity contribution in [3.63, 3.8) is 0 Å². The Morgan fingerprint density at radius 2 is 1.98 bits per heavy atom. The number of piperidine rings is 3. The van der Waals surface area contributed by atoms with Crippen molar-refractivity contribution >= 4 is 11.9 Å². The second-order valence-corrected chi connectivity index (χ2v) is 17.8. The highest BCUT2D eigenvalue weighted by Gasteiger charge is 2.46. The van der Waals surface area contributed by atoms with Gasteiger partial charge in [0.1, 0.15) is 12.2 Å². The van der Waals surface area contributed by atoms with Gasteiger partial charge in [0, 0.05) is 82.3 Å². The number of aromatic hydroxyl groups is 1. The Morgan fingerprint density at radius 1 is 1.11 bits per heavy atom. The molecule has 14 atom stereocenters. The molecule has 2 unspecified atom stereocenters. The van der Waals surface area contributed by atoms with Crippen LogP contribution in [0.4, 0.5) is 0 Å². The molecule has 0 aromatic heterocycles. The van der Waals surface area contributed by atoms with E-state index >= 15 is 0 Å². The third kappa shape index (κ3) is 8.64. The molecule has 8 aliphatic rings. The highest BCUT2D eigenvalue weighted by molar-refractivity contribution is 5.77. The Bertz CT molecular complexity index is 1770. The van der Waals surface area contributed by atoms with E-state index in [1.807, 2.05) is 6.07 Å². The van der Waals surface area contributed by atoms with Gasteiger partial charge in [0.05, 0.1) is 30.9 Å². The van der Waals surface area contributed by atoms with Gasteiger partial charge in [-0.15, -0.1) is 5.92 Å². The Balaban J connectivity index is 1.32. The second kappa shape index (κ2) is 16.7. The first-order valence-corrected chi connectivity index (χ1v) is 20.9. The minimum Gasteiger partial charge on any atom is -0.504 e. The van der Waals surface area contributed by atoms with E-state index in [0.717, 1.165) is 57.4 Å². The molecule has 0 amide bonds. The number of aliphatic hydroxyl groups is 3. The van der Waals surface area contributed by atoms with Crippen molar-refractivity contribution in [2.75, 3.05) is 45.9 Å². The van der Waals surface area contributed by atoms with Gasteiger partial charge in [-0.2, -0.15) is 0 Å². The summed E-state index contributed by atoms with van der Waals surface area (Å²) < 4.78 is 12.7. The normalized spacial score (nSPS) is 40.9. The molecule has 3 fully saturated rings. The van der Waals surface area contributed by atoms with E-state index in [4.69, 9.17) is 20.2 Å². The number of benzene rings is 1. The highest BCUT2D eigenvalue weighted by atomic mass is 16.5. The summed E-state index contributed by atoms with van der Waals surface area (Å²) in [5, 5.41) is 53.2. The van der Waals surface area contributed by atoms with Gasteiger partial charge >= 0.3 is 5.97 Å². The van der Waals surface area contributed by atoms with Gasteiger partial charge in [-0.05, 0) is 93.0 Å². The number of guanidine groups is 1. The number of ether oxygens (including phenoxy) is 2. The average Bonchev–Trinajstić information content (AvgIpc) is 3.17. The van der Waals surface area contributed by atoms with Crippen molar-refractivity contribution in [3.05, 3.63) is 23.3 Å². The first-order chi connectivity index (χ1) is 27.0. The minimum absolute atomic E-state index is 0.0302. The fourth-order valence-electron chi connectivity index (χ4n) is 11.0. The smallest absolute Gasteiger partial charge is 0.302 e. The van der Waals surface area contributed by atoms with Crippen molar-refractivity contribution in [1.29, 1.82) is 0 Å². The van der Waals surface area contributed by atoms with Crippen LogP contribution < -0.4 is 21.1 Å².